The van der Waals surface area contributed by atoms with Crippen LogP contribution in [0.3, 0.4) is 0 Å². The zero-order valence-corrected chi connectivity index (χ0v) is 9.76. The summed E-state index contributed by atoms with van der Waals surface area (Å²) >= 11 is 0. The second-order valence-electron chi connectivity index (χ2n) is 3.40. The molecule has 0 radical (unpaired) electrons. The van der Waals surface area contributed by atoms with Crippen LogP contribution >= 0.6 is 0 Å². The van der Waals surface area contributed by atoms with Gasteiger partial charge in [0.1, 0.15) is 18.7 Å². The van der Waals surface area contributed by atoms with Crippen LogP contribution in [0.25, 0.3) is 0 Å². The summed E-state index contributed by atoms with van der Waals surface area (Å²) in [5, 5.41) is 13.4. The van der Waals surface area contributed by atoms with E-state index in [1.807, 2.05) is 0 Å². The summed E-state index contributed by atoms with van der Waals surface area (Å²) in [7, 11) is 0. The van der Waals surface area contributed by atoms with Gasteiger partial charge in [0, 0.05) is 10.6 Å². The highest BCUT2D eigenvalue weighted by Gasteiger charge is 2.43. The van der Waals surface area contributed by atoms with Gasteiger partial charge in [-0.1, -0.05) is 10.3 Å². The Morgan fingerprint density at radius 3 is 2.55 bits per heavy atom. The molecule has 0 saturated carbocycles. The SMILES string of the molecule is C1=NNN(C2=NN(N3NNCO3)N(N3NNCO3)O2)O1. The summed E-state index contributed by atoms with van der Waals surface area (Å²) in [5.74, 6) is 0. The van der Waals surface area contributed by atoms with E-state index in [-0.39, 0.29) is 19.5 Å². The minimum absolute atomic E-state index is 0.0251. The van der Waals surface area contributed by atoms with Gasteiger partial charge in [0.05, 0.1) is 0 Å². The molecule has 0 unspecified atom stereocenters. The Bertz CT molecular complexity index is 410. The van der Waals surface area contributed by atoms with Crippen LogP contribution < -0.4 is 27.5 Å². The minimum atomic E-state index is 0.0251. The van der Waals surface area contributed by atoms with Gasteiger partial charge in [-0.05, 0) is 5.17 Å². The van der Waals surface area contributed by atoms with Crippen LogP contribution in [-0.4, -0.2) is 52.1 Å². The number of hydrazone groups is 2. The number of hydrazine groups is 8. The molecule has 0 atom stereocenters. The van der Waals surface area contributed by atoms with Gasteiger partial charge in [-0.15, -0.1) is 16.2 Å². The van der Waals surface area contributed by atoms with Crippen molar-refractivity contribution in [2.45, 2.75) is 0 Å². The molecule has 0 aromatic carbocycles. The first-order valence-electron chi connectivity index (χ1n) is 5.35. The van der Waals surface area contributed by atoms with E-state index in [2.05, 4.69) is 37.7 Å². The van der Waals surface area contributed by atoms with Gasteiger partial charge in [0.2, 0.25) is 6.40 Å². The second-order valence-corrected chi connectivity index (χ2v) is 3.40. The average molecular weight is 290 g/mol. The lowest BCUT2D eigenvalue weighted by atomic mass is 11.1. The first-order valence-corrected chi connectivity index (χ1v) is 5.35. The maximum Gasteiger partial charge on any atom is 0.391 e. The molecule has 4 rings (SSSR count). The van der Waals surface area contributed by atoms with Gasteiger partial charge in [-0.2, -0.15) is 5.53 Å². The number of hydrogen-bond donors (Lipinski definition) is 5. The van der Waals surface area contributed by atoms with Crippen molar-refractivity contribution in [2.24, 2.45) is 10.2 Å². The summed E-state index contributed by atoms with van der Waals surface area (Å²) < 4.78 is 0. The molecular formula is C4H10N12O4. The van der Waals surface area contributed by atoms with Crippen molar-refractivity contribution in [2.75, 3.05) is 13.5 Å². The molecule has 0 amide bonds. The van der Waals surface area contributed by atoms with Crippen molar-refractivity contribution in [1.82, 2.24) is 53.7 Å². The zero-order chi connectivity index (χ0) is 13.4. The van der Waals surface area contributed by atoms with Gasteiger partial charge < -0.3 is 9.68 Å². The summed E-state index contributed by atoms with van der Waals surface area (Å²) in [5.41, 5.74) is 13.3. The van der Waals surface area contributed by atoms with Crippen LogP contribution in [-0.2, 0) is 19.4 Å². The Kier molecular flexibility index (Phi) is 2.84. The lowest BCUT2D eigenvalue weighted by Gasteiger charge is -2.30. The molecule has 20 heavy (non-hydrogen) atoms. The number of hydrogen-bond acceptors (Lipinski definition) is 16. The molecule has 4 aliphatic rings. The van der Waals surface area contributed by atoms with E-state index < -0.39 is 0 Å². The Hall–Kier alpha value is -2.02. The second kappa shape index (κ2) is 4.82. The molecule has 0 aromatic heterocycles. The number of rotatable bonds is 2. The van der Waals surface area contributed by atoms with E-state index >= 15 is 0 Å². The summed E-state index contributed by atoms with van der Waals surface area (Å²) in [6.45, 7) is 0.473. The standard InChI is InChI=1S/C4H10N12O4/c1-5-9-12(17-1)4-8-13(14-10-6-2-18-14)16(20-4)15-11-7-3-19-15/h1,6-7,9-11H,2-3H2. The van der Waals surface area contributed by atoms with E-state index in [1.165, 1.54) is 11.6 Å². The fourth-order valence-corrected chi connectivity index (χ4v) is 1.44. The van der Waals surface area contributed by atoms with Gasteiger partial charge in [0.15, 0.2) is 0 Å². The molecule has 2 fully saturated rings. The summed E-state index contributed by atoms with van der Waals surface area (Å²) in [6, 6.07) is 0.0251. The fraction of sp³-hybridized carbons (Fsp3) is 0.500. The molecule has 2 saturated heterocycles. The quantitative estimate of drug-likeness (QED) is 0.335. The van der Waals surface area contributed by atoms with E-state index in [1.54, 1.807) is 0 Å². The predicted octanol–water partition coefficient (Wildman–Crippen LogP) is -4.33. The number of nitrogens with zero attached hydrogens (tertiary/aromatic N) is 7. The highest BCUT2D eigenvalue weighted by atomic mass is 17.0. The topological polar surface area (TPSA) is 138 Å². The van der Waals surface area contributed by atoms with Gasteiger partial charge in [0.25, 0.3) is 0 Å². The third kappa shape index (κ3) is 1.94. The van der Waals surface area contributed by atoms with Crippen LogP contribution in [0.4, 0.5) is 0 Å². The Morgan fingerprint density at radius 2 is 1.90 bits per heavy atom. The van der Waals surface area contributed by atoms with Crippen molar-refractivity contribution in [1.29, 1.82) is 0 Å². The molecular weight excluding hydrogens is 280 g/mol. The molecule has 4 heterocycles. The first-order chi connectivity index (χ1) is 9.92. The summed E-state index contributed by atoms with van der Waals surface area (Å²) in [4.78, 5) is 20.8. The number of nitrogens with one attached hydrogen (secondary N) is 5. The van der Waals surface area contributed by atoms with E-state index in [9.17, 15) is 0 Å². The largest absolute Gasteiger partial charge is 0.391 e. The molecule has 110 valence electrons. The van der Waals surface area contributed by atoms with Gasteiger partial charge >= 0.3 is 6.02 Å². The van der Waals surface area contributed by atoms with Gasteiger partial charge in [-0.25, -0.2) is 20.5 Å². The highest BCUT2D eigenvalue weighted by molar-refractivity contribution is 5.73. The van der Waals surface area contributed by atoms with Crippen molar-refractivity contribution in [3.05, 3.63) is 0 Å². The van der Waals surface area contributed by atoms with Gasteiger partial charge in [-0.3, -0.25) is 0 Å². The predicted molar refractivity (Wildman–Crippen MR) is 54.9 cm³/mol. The van der Waals surface area contributed by atoms with Crippen LogP contribution in [0.5, 0.6) is 0 Å². The number of amidine groups is 1. The third-order valence-corrected chi connectivity index (χ3v) is 2.20. The van der Waals surface area contributed by atoms with Crippen molar-refractivity contribution in [3.63, 3.8) is 0 Å². The van der Waals surface area contributed by atoms with Crippen LogP contribution in [0.2, 0.25) is 0 Å². The Labute approximate surface area is 110 Å². The van der Waals surface area contributed by atoms with E-state index in [0.29, 0.717) is 0 Å². The molecule has 0 spiro atoms. The lowest BCUT2D eigenvalue weighted by molar-refractivity contribution is -0.513. The maximum atomic E-state index is 5.43. The smallest absolute Gasteiger partial charge is 0.339 e. The summed E-state index contributed by atoms with van der Waals surface area (Å²) in [6.07, 6.45) is 1.18. The average Bonchev–Trinajstić information content (AvgIpc) is 3.22. The Balaban J connectivity index is 1.52. The Morgan fingerprint density at radius 1 is 1.10 bits per heavy atom. The molecule has 16 heteroatoms. The lowest BCUT2D eigenvalue weighted by Crippen LogP contribution is -2.59. The van der Waals surface area contributed by atoms with Crippen molar-refractivity contribution < 1.29 is 19.4 Å². The van der Waals surface area contributed by atoms with Crippen LogP contribution in [0, 0.1) is 0 Å². The highest BCUT2D eigenvalue weighted by Crippen LogP contribution is 2.18. The molecule has 0 bridgehead atoms. The van der Waals surface area contributed by atoms with Crippen molar-refractivity contribution >= 4 is 12.4 Å². The van der Waals surface area contributed by atoms with Crippen LogP contribution in [0.15, 0.2) is 10.2 Å². The van der Waals surface area contributed by atoms with E-state index in [4.69, 9.17) is 19.4 Å². The minimum Gasteiger partial charge on any atom is -0.339 e. The first kappa shape index (κ1) is 11.8. The normalized spacial score (nSPS) is 27.9. The van der Waals surface area contributed by atoms with Crippen LogP contribution in [0.1, 0.15) is 0 Å². The molecule has 4 aliphatic heterocycles. The molecule has 5 N–H and O–H groups in total. The molecule has 0 aliphatic carbocycles. The third-order valence-electron chi connectivity index (χ3n) is 2.20. The monoisotopic (exact) mass is 290 g/mol. The zero-order valence-electron chi connectivity index (χ0n) is 9.76. The number of hydroxylamine groups is 1. The maximum absolute atomic E-state index is 5.43. The van der Waals surface area contributed by atoms with Crippen molar-refractivity contribution in [3.8, 4) is 0 Å². The molecule has 16 nitrogen and oxygen atoms in total. The molecule has 0 aromatic rings. The van der Waals surface area contributed by atoms with E-state index in [0.717, 1.165) is 21.0 Å². The fourth-order valence-electron chi connectivity index (χ4n) is 1.44.